The lowest BCUT2D eigenvalue weighted by molar-refractivity contribution is 0.0696. The van der Waals surface area contributed by atoms with Crippen molar-refractivity contribution in [1.29, 1.82) is 0 Å². The summed E-state index contributed by atoms with van der Waals surface area (Å²) in [5.41, 5.74) is 0.888. The molecule has 0 spiro atoms. The summed E-state index contributed by atoms with van der Waals surface area (Å²) in [5.74, 6) is -1.17. The van der Waals surface area contributed by atoms with Gasteiger partial charge in [-0.2, -0.15) is 0 Å². The van der Waals surface area contributed by atoms with Gasteiger partial charge in [-0.1, -0.05) is 12.1 Å². The lowest BCUT2D eigenvalue weighted by Crippen LogP contribution is -1.96. The van der Waals surface area contributed by atoms with Crippen molar-refractivity contribution in [2.24, 2.45) is 0 Å². The van der Waals surface area contributed by atoms with E-state index in [-0.39, 0.29) is 17.1 Å². The van der Waals surface area contributed by atoms with E-state index in [1.165, 1.54) is 24.3 Å². The minimum atomic E-state index is -1.05. The average Bonchev–Trinajstić information content (AvgIpc) is 2.33. The van der Waals surface area contributed by atoms with E-state index in [0.717, 1.165) is 5.56 Å². The Balaban J connectivity index is 2.28. The second kappa shape index (κ2) is 4.87. The molecule has 92 valence electrons. The standard InChI is InChI=1S/C14H11FO3/c1-9-5-6-13(12(15)7-9)18-11-4-2-3-10(8-11)14(16)17/h2-8H,1H3,(H,16,17). The number of rotatable bonds is 3. The van der Waals surface area contributed by atoms with Crippen molar-refractivity contribution in [3.63, 3.8) is 0 Å². The summed E-state index contributed by atoms with van der Waals surface area (Å²) in [6.07, 6.45) is 0. The monoisotopic (exact) mass is 246 g/mol. The van der Waals surface area contributed by atoms with Crippen LogP contribution in [0.2, 0.25) is 0 Å². The Morgan fingerprint density at radius 2 is 2.00 bits per heavy atom. The van der Waals surface area contributed by atoms with Crippen LogP contribution < -0.4 is 4.74 Å². The molecule has 0 radical (unpaired) electrons. The Kier molecular flexibility index (Phi) is 3.28. The molecule has 0 aliphatic carbocycles. The fraction of sp³-hybridized carbons (Fsp3) is 0.0714. The topological polar surface area (TPSA) is 46.5 Å². The molecule has 0 bridgehead atoms. The van der Waals surface area contributed by atoms with Crippen LogP contribution >= 0.6 is 0 Å². The van der Waals surface area contributed by atoms with Crippen LogP contribution in [-0.4, -0.2) is 11.1 Å². The Morgan fingerprint density at radius 3 is 2.67 bits per heavy atom. The molecule has 4 heteroatoms. The van der Waals surface area contributed by atoms with E-state index in [4.69, 9.17) is 9.84 Å². The molecule has 0 saturated carbocycles. The van der Waals surface area contributed by atoms with E-state index in [1.54, 1.807) is 25.1 Å². The molecule has 0 heterocycles. The fourth-order valence-corrected chi connectivity index (χ4v) is 1.51. The molecular weight excluding hydrogens is 235 g/mol. The van der Waals surface area contributed by atoms with Gasteiger partial charge in [0.25, 0.3) is 0 Å². The van der Waals surface area contributed by atoms with E-state index >= 15 is 0 Å². The molecule has 2 aromatic rings. The fourth-order valence-electron chi connectivity index (χ4n) is 1.51. The highest BCUT2D eigenvalue weighted by Crippen LogP contribution is 2.25. The van der Waals surface area contributed by atoms with Crippen LogP contribution in [0.3, 0.4) is 0 Å². The minimum Gasteiger partial charge on any atom is -0.478 e. The summed E-state index contributed by atoms with van der Waals surface area (Å²) in [6.45, 7) is 1.78. The normalized spacial score (nSPS) is 10.1. The van der Waals surface area contributed by atoms with Crippen LogP contribution in [-0.2, 0) is 0 Å². The third-order valence-corrected chi connectivity index (χ3v) is 2.40. The Bertz CT molecular complexity index is 593. The molecular formula is C14H11FO3. The van der Waals surface area contributed by atoms with Crippen LogP contribution in [0.25, 0.3) is 0 Å². The summed E-state index contributed by atoms with van der Waals surface area (Å²) >= 11 is 0. The van der Waals surface area contributed by atoms with Gasteiger partial charge in [-0.15, -0.1) is 0 Å². The van der Waals surface area contributed by atoms with Gasteiger partial charge >= 0.3 is 5.97 Å². The quantitative estimate of drug-likeness (QED) is 0.899. The van der Waals surface area contributed by atoms with Crippen LogP contribution in [0.4, 0.5) is 4.39 Å². The van der Waals surface area contributed by atoms with Crippen molar-refractivity contribution in [2.45, 2.75) is 6.92 Å². The van der Waals surface area contributed by atoms with Gasteiger partial charge in [0.05, 0.1) is 5.56 Å². The minimum absolute atomic E-state index is 0.0724. The van der Waals surface area contributed by atoms with Crippen LogP contribution in [0, 0.1) is 12.7 Å². The summed E-state index contributed by atoms with van der Waals surface area (Å²) in [7, 11) is 0. The average molecular weight is 246 g/mol. The highest BCUT2D eigenvalue weighted by atomic mass is 19.1. The van der Waals surface area contributed by atoms with Crippen molar-refractivity contribution in [3.05, 3.63) is 59.4 Å². The SMILES string of the molecule is Cc1ccc(Oc2cccc(C(=O)O)c2)c(F)c1. The number of carboxylic acid groups (broad SMARTS) is 1. The zero-order valence-electron chi connectivity index (χ0n) is 9.68. The lowest BCUT2D eigenvalue weighted by Gasteiger charge is -2.07. The first-order chi connectivity index (χ1) is 8.56. The van der Waals surface area contributed by atoms with Crippen LogP contribution in [0.5, 0.6) is 11.5 Å². The van der Waals surface area contributed by atoms with Crippen molar-refractivity contribution in [3.8, 4) is 11.5 Å². The second-order valence-electron chi connectivity index (χ2n) is 3.87. The van der Waals surface area contributed by atoms with Gasteiger partial charge in [0.15, 0.2) is 11.6 Å². The van der Waals surface area contributed by atoms with E-state index in [9.17, 15) is 9.18 Å². The van der Waals surface area contributed by atoms with Gasteiger partial charge in [-0.05, 0) is 42.8 Å². The maximum Gasteiger partial charge on any atom is 0.335 e. The molecule has 0 saturated heterocycles. The molecule has 3 nitrogen and oxygen atoms in total. The summed E-state index contributed by atoms with van der Waals surface area (Å²) in [4.78, 5) is 10.8. The summed E-state index contributed by atoms with van der Waals surface area (Å²) in [5, 5.41) is 8.84. The van der Waals surface area contributed by atoms with Gasteiger partial charge in [0.2, 0.25) is 0 Å². The van der Waals surface area contributed by atoms with Gasteiger partial charge in [-0.3, -0.25) is 0 Å². The first-order valence-electron chi connectivity index (χ1n) is 5.33. The van der Waals surface area contributed by atoms with Crippen molar-refractivity contribution < 1.29 is 19.0 Å². The molecule has 2 rings (SSSR count). The lowest BCUT2D eigenvalue weighted by atomic mass is 10.2. The summed E-state index contributed by atoms with van der Waals surface area (Å²) in [6, 6.07) is 10.5. The van der Waals surface area contributed by atoms with Crippen LogP contribution in [0.1, 0.15) is 15.9 Å². The predicted octanol–water partition coefficient (Wildman–Crippen LogP) is 3.62. The third-order valence-electron chi connectivity index (χ3n) is 2.40. The van der Waals surface area contributed by atoms with Gasteiger partial charge in [-0.25, -0.2) is 9.18 Å². The maximum atomic E-state index is 13.6. The predicted molar refractivity (Wildman–Crippen MR) is 64.6 cm³/mol. The number of benzene rings is 2. The molecule has 0 aliphatic rings. The van der Waals surface area contributed by atoms with E-state index in [2.05, 4.69) is 0 Å². The van der Waals surface area contributed by atoms with Crippen molar-refractivity contribution >= 4 is 5.97 Å². The zero-order chi connectivity index (χ0) is 13.1. The van der Waals surface area contributed by atoms with Crippen LogP contribution in [0.15, 0.2) is 42.5 Å². The highest BCUT2D eigenvalue weighted by molar-refractivity contribution is 5.88. The number of ether oxygens (including phenoxy) is 1. The maximum absolute atomic E-state index is 13.6. The summed E-state index contributed by atoms with van der Waals surface area (Å²) < 4.78 is 18.9. The van der Waals surface area contributed by atoms with Gasteiger partial charge in [0.1, 0.15) is 5.75 Å². The van der Waals surface area contributed by atoms with E-state index < -0.39 is 11.8 Å². The largest absolute Gasteiger partial charge is 0.478 e. The third kappa shape index (κ3) is 2.66. The number of aryl methyl sites for hydroxylation is 1. The molecule has 0 atom stereocenters. The Hall–Kier alpha value is -2.36. The van der Waals surface area contributed by atoms with Gasteiger partial charge < -0.3 is 9.84 Å². The number of halogens is 1. The number of carbonyl (C=O) groups is 1. The van der Waals surface area contributed by atoms with Crippen molar-refractivity contribution in [2.75, 3.05) is 0 Å². The van der Waals surface area contributed by atoms with E-state index in [0.29, 0.717) is 0 Å². The molecule has 0 aromatic heterocycles. The smallest absolute Gasteiger partial charge is 0.335 e. The second-order valence-corrected chi connectivity index (χ2v) is 3.87. The molecule has 0 amide bonds. The van der Waals surface area contributed by atoms with Gasteiger partial charge in [0, 0.05) is 0 Å². The first-order valence-corrected chi connectivity index (χ1v) is 5.33. The Labute approximate surface area is 103 Å². The van der Waals surface area contributed by atoms with E-state index in [1.807, 2.05) is 0 Å². The molecule has 0 fully saturated rings. The first kappa shape index (κ1) is 12.1. The molecule has 1 N–H and O–H groups in total. The molecule has 18 heavy (non-hydrogen) atoms. The Morgan fingerprint density at radius 1 is 1.22 bits per heavy atom. The number of hydrogen-bond acceptors (Lipinski definition) is 2. The molecule has 0 aliphatic heterocycles. The molecule has 2 aromatic carbocycles. The van der Waals surface area contributed by atoms with Crippen molar-refractivity contribution in [1.82, 2.24) is 0 Å². The number of aromatic carboxylic acids is 1. The zero-order valence-corrected chi connectivity index (χ0v) is 9.68. The number of hydrogen-bond donors (Lipinski definition) is 1. The number of carboxylic acids is 1. The molecule has 0 unspecified atom stereocenters. The highest BCUT2D eigenvalue weighted by Gasteiger charge is 2.07.